The largest absolute Gasteiger partial charge is 0.379 e. The van der Waals surface area contributed by atoms with E-state index in [-0.39, 0.29) is 29.7 Å². The van der Waals surface area contributed by atoms with Crippen LogP contribution in [0.5, 0.6) is 0 Å². The van der Waals surface area contributed by atoms with Gasteiger partial charge in [0.05, 0.1) is 30.8 Å². The maximum absolute atomic E-state index is 12.9. The van der Waals surface area contributed by atoms with Gasteiger partial charge in [-0.05, 0) is 31.2 Å². The van der Waals surface area contributed by atoms with Crippen LogP contribution >= 0.6 is 0 Å². The summed E-state index contributed by atoms with van der Waals surface area (Å²) in [5, 5.41) is 16.5. The number of morpholine rings is 1. The number of carbonyl (C=O) groups is 1. The van der Waals surface area contributed by atoms with E-state index in [0.717, 1.165) is 24.3 Å². The van der Waals surface area contributed by atoms with Crippen molar-refractivity contribution in [1.82, 2.24) is 19.9 Å². The van der Waals surface area contributed by atoms with Crippen LogP contribution in [0.1, 0.15) is 6.42 Å². The Balaban J connectivity index is 1.54. The number of benzene rings is 1. The molecule has 4 heterocycles. The third-order valence-electron chi connectivity index (χ3n) is 6.23. The lowest BCUT2D eigenvalue weighted by atomic mass is 10.0. The van der Waals surface area contributed by atoms with E-state index in [1.165, 1.54) is 10.9 Å². The number of pyridine rings is 1. The molecule has 0 spiro atoms. The zero-order valence-corrected chi connectivity index (χ0v) is 18.4. The first kappa shape index (κ1) is 21.5. The van der Waals surface area contributed by atoms with E-state index in [0.29, 0.717) is 31.0 Å². The highest BCUT2D eigenvalue weighted by Crippen LogP contribution is 2.28. The molecule has 2 fully saturated rings. The number of aryl methyl sites for hydroxylation is 1. The Morgan fingerprint density at radius 1 is 1.24 bits per heavy atom. The molecule has 2 aromatic heterocycles. The van der Waals surface area contributed by atoms with Crippen LogP contribution in [-0.4, -0.2) is 70.5 Å². The Bertz CT molecular complexity index is 1240. The van der Waals surface area contributed by atoms with Crippen LogP contribution < -0.4 is 21.1 Å². The first-order chi connectivity index (χ1) is 15.9. The van der Waals surface area contributed by atoms with E-state index in [9.17, 15) is 14.7 Å². The van der Waals surface area contributed by atoms with Crippen LogP contribution in [0.15, 0.2) is 41.5 Å². The lowest BCUT2D eigenvalue weighted by Crippen LogP contribution is -2.45. The average Bonchev–Trinajstić information content (AvgIpc) is 3.30. The molecule has 3 aromatic rings. The fourth-order valence-electron chi connectivity index (χ4n) is 4.22. The molecule has 0 saturated carbocycles. The molecular weight excluding hydrogens is 424 g/mol. The number of fused-ring (bicyclic) bond motifs is 1. The third kappa shape index (κ3) is 4.08. The SMILES string of the molecule is Cn1cnc2cc(-c3ccc(N4CCOCC4)cc3)nc(NC(=O)C3(O)CCNC3)c2c1=O. The zero-order chi connectivity index (χ0) is 23.0. The summed E-state index contributed by atoms with van der Waals surface area (Å²) in [6.07, 6.45) is 1.73. The van der Waals surface area contributed by atoms with Crippen molar-refractivity contribution in [1.29, 1.82) is 0 Å². The minimum atomic E-state index is -1.54. The molecule has 0 aliphatic carbocycles. The third-order valence-corrected chi connectivity index (χ3v) is 6.23. The molecule has 3 N–H and O–H groups in total. The van der Waals surface area contributed by atoms with Crippen LogP contribution in [0.2, 0.25) is 0 Å². The van der Waals surface area contributed by atoms with Crippen molar-refractivity contribution in [3.8, 4) is 11.3 Å². The van der Waals surface area contributed by atoms with Gasteiger partial charge in [-0.1, -0.05) is 12.1 Å². The fraction of sp³-hybridized carbons (Fsp3) is 0.391. The number of rotatable bonds is 4. The quantitative estimate of drug-likeness (QED) is 0.525. The van der Waals surface area contributed by atoms with Crippen LogP contribution in [0.4, 0.5) is 11.5 Å². The molecule has 1 aromatic carbocycles. The second kappa shape index (κ2) is 8.54. The van der Waals surface area contributed by atoms with Crippen molar-refractivity contribution in [3.05, 3.63) is 47.0 Å². The van der Waals surface area contributed by atoms with E-state index < -0.39 is 11.5 Å². The molecule has 0 bridgehead atoms. The summed E-state index contributed by atoms with van der Waals surface area (Å²) in [7, 11) is 1.59. The van der Waals surface area contributed by atoms with Gasteiger partial charge in [0.2, 0.25) is 0 Å². The van der Waals surface area contributed by atoms with E-state index >= 15 is 0 Å². The Morgan fingerprint density at radius 3 is 2.70 bits per heavy atom. The minimum absolute atomic E-state index is 0.0961. The molecule has 33 heavy (non-hydrogen) atoms. The maximum atomic E-state index is 12.9. The van der Waals surface area contributed by atoms with Gasteiger partial charge >= 0.3 is 0 Å². The number of aliphatic hydroxyl groups is 1. The summed E-state index contributed by atoms with van der Waals surface area (Å²) in [4.78, 5) is 36.9. The molecular formula is C23H26N6O4. The summed E-state index contributed by atoms with van der Waals surface area (Å²) < 4.78 is 6.76. The van der Waals surface area contributed by atoms with Crippen molar-refractivity contribution < 1.29 is 14.6 Å². The van der Waals surface area contributed by atoms with Crippen LogP contribution in [-0.2, 0) is 16.6 Å². The molecule has 1 unspecified atom stereocenters. The topological polar surface area (TPSA) is 122 Å². The molecule has 172 valence electrons. The number of β-amino-alcohol motifs (C(OH)–C–C–N with tert-alkyl or cyclic N) is 1. The summed E-state index contributed by atoms with van der Waals surface area (Å²) in [5.41, 5.74) is 1.05. The first-order valence-corrected chi connectivity index (χ1v) is 11.0. The number of nitrogens with zero attached hydrogens (tertiary/aromatic N) is 4. The number of ether oxygens (including phenoxy) is 1. The van der Waals surface area contributed by atoms with Crippen molar-refractivity contribution >= 4 is 28.3 Å². The molecule has 10 heteroatoms. The molecule has 10 nitrogen and oxygen atoms in total. The second-order valence-electron chi connectivity index (χ2n) is 8.47. The molecule has 2 aliphatic rings. The van der Waals surface area contributed by atoms with Gasteiger partial charge in [-0.25, -0.2) is 9.97 Å². The van der Waals surface area contributed by atoms with E-state index in [4.69, 9.17) is 4.74 Å². The molecule has 1 amide bonds. The molecule has 2 aliphatic heterocycles. The Kier molecular flexibility index (Phi) is 5.57. The number of carbonyl (C=O) groups excluding carboxylic acids is 1. The smallest absolute Gasteiger partial charge is 0.264 e. The minimum Gasteiger partial charge on any atom is -0.379 e. The fourth-order valence-corrected chi connectivity index (χ4v) is 4.22. The monoisotopic (exact) mass is 450 g/mol. The zero-order valence-electron chi connectivity index (χ0n) is 18.4. The number of hydrogen-bond donors (Lipinski definition) is 3. The molecule has 5 rings (SSSR count). The highest BCUT2D eigenvalue weighted by molar-refractivity contribution is 6.03. The van der Waals surface area contributed by atoms with Crippen molar-refractivity contribution in [2.75, 3.05) is 49.6 Å². The normalized spacial score (nSPS) is 20.8. The lowest BCUT2D eigenvalue weighted by Gasteiger charge is -2.28. The van der Waals surface area contributed by atoms with Crippen molar-refractivity contribution in [2.24, 2.45) is 7.05 Å². The van der Waals surface area contributed by atoms with Gasteiger partial charge in [0.15, 0.2) is 5.60 Å². The number of hydrogen-bond acceptors (Lipinski definition) is 8. The molecule has 2 saturated heterocycles. The van der Waals surface area contributed by atoms with Crippen molar-refractivity contribution in [3.63, 3.8) is 0 Å². The second-order valence-corrected chi connectivity index (χ2v) is 8.47. The van der Waals surface area contributed by atoms with Crippen LogP contribution in [0.3, 0.4) is 0 Å². The Labute approximate surface area is 190 Å². The van der Waals surface area contributed by atoms with Gasteiger partial charge in [-0.15, -0.1) is 0 Å². The number of anilines is 2. The van der Waals surface area contributed by atoms with Gasteiger partial charge in [-0.2, -0.15) is 0 Å². The number of amides is 1. The summed E-state index contributed by atoms with van der Waals surface area (Å²) in [5.74, 6) is -0.495. The Hall–Kier alpha value is -3.34. The van der Waals surface area contributed by atoms with Gasteiger partial charge in [0, 0.05) is 37.9 Å². The van der Waals surface area contributed by atoms with E-state index in [1.54, 1.807) is 13.1 Å². The van der Waals surface area contributed by atoms with Gasteiger partial charge in [0.1, 0.15) is 11.2 Å². The summed E-state index contributed by atoms with van der Waals surface area (Å²) in [6, 6.07) is 9.70. The van der Waals surface area contributed by atoms with Crippen LogP contribution in [0, 0.1) is 0 Å². The number of nitrogens with one attached hydrogen (secondary N) is 2. The standard InChI is InChI=1S/C23H26N6O4/c1-28-14-25-18-12-17(15-2-4-16(5-3-15)29-8-10-33-11-9-29)26-20(19(18)21(28)30)27-22(31)23(32)6-7-24-13-23/h2-5,12,14,24,32H,6-11,13H2,1H3,(H,26,27,31). The Morgan fingerprint density at radius 2 is 2.00 bits per heavy atom. The highest BCUT2D eigenvalue weighted by Gasteiger charge is 2.39. The van der Waals surface area contributed by atoms with E-state index in [1.807, 2.05) is 24.3 Å². The summed E-state index contributed by atoms with van der Waals surface area (Å²) >= 11 is 0. The average molecular weight is 450 g/mol. The predicted molar refractivity (Wildman–Crippen MR) is 124 cm³/mol. The maximum Gasteiger partial charge on any atom is 0.264 e. The molecule has 1 atom stereocenters. The first-order valence-electron chi connectivity index (χ1n) is 11.0. The molecule has 0 radical (unpaired) electrons. The summed E-state index contributed by atoms with van der Waals surface area (Å²) in [6.45, 7) is 3.79. The highest BCUT2D eigenvalue weighted by atomic mass is 16.5. The van der Waals surface area contributed by atoms with Gasteiger partial charge in [-0.3, -0.25) is 9.59 Å². The lowest BCUT2D eigenvalue weighted by molar-refractivity contribution is -0.132. The van der Waals surface area contributed by atoms with Gasteiger partial charge in [0.25, 0.3) is 11.5 Å². The predicted octanol–water partition coefficient (Wildman–Crippen LogP) is 0.495. The number of aromatic nitrogens is 3. The van der Waals surface area contributed by atoms with Gasteiger partial charge < -0.3 is 29.9 Å². The van der Waals surface area contributed by atoms with Crippen molar-refractivity contribution in [2.45, 2.75) is 12.0 Å². The van der Waals surface area contributed by atoms with Crippen LogP contribution in [0.25, 0.3) is 22.2 Å². The van der Waals surface area contributed by atoms with E-state index in [2.05, 4.69) is 25.5 Å².